The smallest absolute Gasteiger partial charge is 0.240 e. The number of sulfonamides is 1. The molecular formula is C20H23N3O3S. The van der Waals surface area contributed by atoms with Gasteiger partial charge in [0.25, 0.3) is 0 Å². The van der Waals surface area contributed by atoms with E-state index in [-0.39, 0.29) is 11.4 Å². The molecule has 0 bridgehead atoms. The first kappa shape index (κ1) is 19.1. The Kier molecular flexibility index (Phi) is 5.62. The summed E-state index contributed by atoms with van der Waals surface area (Å²) in [5, 5.41) is 0. The van der Waals surface area contributed by atoms with E-state index in [1.165, 1.54) is 0 Å². The van der Waals surface area contributed by atoms with Gasteiger partial charge in [0, 0.05) is 18.9 Å². The number of benzene rings is 2. The lowest BCUT2D eigenvalue weighted by Gasteiger charge is -2.14. The van der Waals surface area contributed by atoms with Crippen LogP contribution in [-0.4, -0.2) is 25.1 Å². The number of ether oxygens (including phenoxy) is 1. The number of aryl methyl sites for hydroxylation is 2. The Morgan fingerprint density at radius 2 is 1.93 bits per heavy atom. The number of aromatic nitrogens is 2. The van der Waals surface area contributed by atoms with Crippen molar-refractivity contribution >= 4 is 10.0 Å². The van der Waals surface area contributed by atoms with Gasteiger partial charge in [-0.05, 0) is 48.7 Å². The van der Waals surface area contributed by atoms with Gasteiger partial charge >= 0.3 is 0 Å². The largest absolute Gasteiger partial charge is 0.496 e. The Hall–Kier alpha value is -2.64. The molecule has 0 radical (unpaired) electrons. The molecule has 0 fully saturated rings. The highest BCUT2D eigenvalue weighted by atomic mass is 32.2. The van der Waals surface area contributed by atoms with Gasteiger partial charge in [0.05, 0.1) is 17.7 Å². The average Bonchev–Trinajstić information content (AvgIpc) is 3.11. The van der Waals surface area contributed by atoms with Crippen molar-refractivity contribution in [3.05, 3.63) is 71.8 Å². The Labute approximate surface area is 159 Å². The number of methoxy groups -OCH3 is 1. The van der Waals surface area contributed by atoms with Crippen LogP contribution < -0.4 is 9.46 Å². The topological polar surface area (TPSA) is 73.2 Å². The van der Waals surface area contributed by atoms with E-state index in [9.17, 15) is 8.42 Å². The Morgan fingerprint density at radius 1 is 1.15 bits per heavy atom. The standard InChI is InChI=1S/C20H23N3O3S/c1-4-16-13-18(9-10-20(16)26-3)27(24,25)22-14-17-7-5-6-8-19(17)23-12-11-21-15(23)2/h5-13,22H,4,14H2,1-3H3. The minimum absolute atomic E-state index is 0.184. The molecule has 27 heavy (non-hydrogen) atoms. The quantitative estimate of drug-likeness (QED) is 0.678. The number of hydrogen-bond donors (Lipinski definition) is 1. The molecule has 1 aromatic heterocycles. The number of rotatable bonds is 7. The van der Waals surface area contributed by atoms with Gasteiger partial charge in [-0.1, -0.05) is 25.1 Å². The van der Waals surface area contributed by atoms with Crippen LogP contribution in [0.3, 0.4) is 0 Å². The molecule has 6 nitrogen and oxygen atoms in total. The first-order chi connectivity index (χ1) is 13.0. The Bertz CT molecular complexity index is 1040. The van der Waals surface area contributed by atoms with E-state index in [0.717, 1.165) is 22.6 Å². The van der Waals surface area contributed by atoms with Gasteiger partial charge in [-0.3, -0.25) is 0 Å². The summed E-state index contributed by atoms with van der Waals surface area (Å²) in [5.41, 5.74) is 2.63. The zero-order valence-corrected chi connectivity index (χ0v) is 16.5. The maximum absolute atomic E-state index is 12.8. The predicted molar refractivity (Wildman–Crippen MR) is 105 cm³/mol. The number of para-hydroxylation sites is 1. The third-order valence-electron chi connectivity index (χ3n) is 4.47. The average molecular weight is 385 g/mol. The SMILES string of the molecule is CCc1cc(S(=O)(=O)NCc2ccccc2-n2ccnc2C)ccc1OC. The van der Waals surface area contributed by atoms with E-state index >= 15 is 0 Å². The van der Waals surface area contributed by atoms with Crippen molar-refractivity contribution in [2.45, 2.75) is 31.7 Å². The molecule has 3 rings (SSSR count). The molecule has 0 atom stereocenters. The van der Waals surface area contributed by atoms with Gasteiger partial charge in [0.15, 0.2) is 0 Å². The first-order valence-electron chi connectivity index (χ1n) is 8.71. The van der Waals surface area contributed by atoms with Crippen LogP contribution in [0, 0.1) is 6.92 Å². The highest BCUT2D eigenvalue weighted by Gasteiger charge is 2.17. The minimum atomic E-state index is -3.64. The molecule has 0 aliphatic heterocycles. The fraction of sp³-hybridized carbons (Fsp3) is 0.250. The Balaban J connectivity index is 1.86. The van der Waals surface area contributed by atoms with Crippen LogP contribution >= 0.6 is 0 Å². The monoisotopic (exact) mass is 385 g/mol. The highest BCUT2D eigenvalue weighted by molar-refractivity contribution is 7.89. The maximum Gasteiger partial charge on any atom is 0.240 e. The molecule has 0 unspecified atom stereocenters. The Morgan fingerprint density at radius 3 is 2.59 bits per heavy atom. The van der Waals surface area contributed by atoms with Crippen LogP contribution in [0.2, 0.25) is 0 Å². The van der Waals surface area contributed by atoms with Crippen molar-refractivity contribution in [2.75, 3.05) is 7.11 Å². The maximum atomic E-state index is 12.8. The van der Waals surface area contributed by atoms with Gasteiger partial charge in [-0.2, -0.15) is 0 Å². The highest BCUT2D eigenvalue weighted by Crippen LogP contribution is 2.23. The normalized spacial score (nSPS) is 11.5. The zero-order chi connectivity index (χ0) is 19.4. The summed E-state index contributed by atoms with van der Waals surface area (Å²) in [6.07, 6.45) is 4.27. The van der Waals surface area contributed by atoms with Crippen LogP contribution in [0.15, 0.2) is 59.8 Å². The first-order valence-corrected chi connectivity index (χ1v) is 10.2. The summed E-state index contributed by atoms with van der Waals surface area (Å²) in [4.78, 5) is 4.47. The minimum Gasteiger partial charge on any atom is -0.496 e. The molecule has 0 saturated carbocycles. The van der Waals surface area contributed by atoms with E-state index in [4.69, 9.17) is 4.74 Å². The third-order valence-corrected chi connectivity index (χ3v) is 5.87. The van der Waals surface area contributed by atoms with E-state index in [0.29, 0.717) is 12.2 Å². The number of nitrogens with one attached hydrogen (secondary N) is 1. The molecule has 0 amide bonds. The fourth-order valence-corrected chi connectivity index (χ4v) is 4.04. The number of hydrogen-bond acceptors (Lipinski definition) is 4. The second-order valence-corrected chi connectivity index (χ2v) is 7.89. The van der Waals surface area contributed by atoms with Crippen LogP contribution in [0.25, 0.3) is 5.69 Å². The predicted octanol–water partition coefficient (Wildman–Crippen LogP) is 3.23. The van der Waals surface area contributed by atoms with Crippen LogP contribution in [0.1, 0.15) is 23.9 Å². The molecule has 0 spiro atoms. The number of imidazole rings is 1. The molecule has 3 aromatic rings. The van der Waals surface area contributed by atoms with E-state index < -0.39 is 10.0 Å². The molecule has 2 aromatic carbocycles. The summed E-state index contributed by atoms with van der Waals surface area (Å²) < 4.78 is 35.4. The van der Waals surface area contributed by atoms with Gasteiger partial charge in [0.2, 0.25) is 10.0 Å². The van der Waals surface area contributed by atoms with Crippen molar-refractivity contribution in [1.29, 1.82) is 0 Å². The molecule has 7 heteroatoms. The molecule has 0 aliphatic rings. The summed E-state index contributed by atoms with van der Waals surface area (Å²) in [7, 11) is -2.06. The van der Waals surface area contributed by atoms with E-state index in [2.05, 4.69) is 9.71 Å². The van der Waals surface area contributed by atoms with Gasteiger partial charge in [-0.25, -0.2) is 18.1 Å². The molecule has 142 valence electrons. The molecule has 1 heterocycles. The van der Waals surface area contributed by atoms with Crippen LogP contribution in [-0.2, 0) is 23.0 Å². The molecular weight excluding hydrogens is 362 g/mol. The third kappa shape index (κ3) is 4.04. The zero-order valence-electron chi connectivity index (χ0n) is 15.6. The van der Waals surface area contributed by atoms with Gasteiger partial charge in [0.1, 0.15) is 11.6 Å². The van der Waals surface area contributed by atoms with Gasteiger partial charge in [-0.15, -0.1) is 0 Å². The van der Waals surface area contributed by atoms with E-state index in [1.54, 1.807) is 31.5 Å². The molecule has 0 saturated heterocycles. The van der Waals surface area contributed by atoms with Crippen molar-refractivity contribution in [3.63, 3.8) is 0 Å². The fourth-order valence-electron chi connectivity index (χ4n) is 2.98. The van der Waals surface area contributed by atoms with Crippen molar-refractivity contribution in [2.24, 2.45) is 0 Å². The van der Waals surface area contributed by atoms with Gasteiger partial charge < -0.3 is 9.30 Å². The van der Waals surface area contributed by atoms with Crippen molar-refractivity contribution in [3.8, 4) is 11.4 Å². The second-order valence-electron chi connectivity index (χ2n) is 6.12. The summed E-state index contributed by atoms with van der Waals surface area (Å²) in [6, 6.07) is 12.6. The molecule has 1 N–H and O–H groups in total. The van der Waals surface area contributed by atoms with E-state index in [1.807, 2.05) is 48.9 Å². The number of nitrogens with zero attached hydrogens (tertiary/aromatic N) is 2. The summed E-state index contributed by atoms with van der Waals surface area (Å²) in [5.74, 6) is 1.53. The second kappa shape index (κ2) is 7.94. The summed E-state index contributed by atoms with van der Waals surface area (Å²) >= 11 is 0. The molecule has 0 aliphatic carbocycles. The lowest BCUT2D eigenvalue weighted by molar-refractivity contribution is 0.409. The lowest BCUT2D eigenvalue weighted by atomic mass is 10.1. The van der Waals surface area contributed by atoms with Crippen molar-refractivity contribution in [1.82, 2.24) is 14.3 Å². The van der Waals surface area contributed by atoms with Crippen LogP contribution in [0.4, 0.5) is 0 Å². The lowest BCUT2D eigenvalue weighted by Crippen LogP contribution is -2.24. The van der Waals surface area contributed by atoms with Crippen molar-refractivity contribution < 1.29 is 13.2 Å². The van der Waals surface area contributed by atoms with Crippen LogP contribution in [0.5, 0.6) is 5.75 Å². The summed E-state index contributed by atoms with van der Waals surface area (Å²) in [6.45, 7) is 4.06.